The Morgan fingerprint density at radius 2 is 1.90 bits per heavy atom. The lowest BCUT2D eigenvalue weighted by atomic mass is 10.2. The van der Waals surface area contributed by atoms with E-state index in [-0.39, 0.29) is 5.97 Å². The molecule has 0 saturated heterocycles. The lowest BCUT2D eigenvalue weighted by molar-refractivity contribution is 0.0499. The summed E-state index contributed by atoms with van der Waals surface area (Å²) in [5, 5.41) is 2.57. The summed E-state index contributed by atoms with van der Waals surface area (Å²) in [6, 6.07) is 6.60. The van der Waals surface area contributed by atoms with E-state index < -0.39 is 6.09 Å². The quantitative estimate of drug-likeness (QED) is 0.611. The summed E-state index contributed by atoms with van der Waals surface area (Å²) in [5.74, 6) is -0.385. The van der Waals surface area contributed by atoms with Crippen molar-refractivity contribution >= 4 is 17.7 Å². The van der Waals surface area contributed by atoms with Crippen molar-refractivity contribution in [2.45, 2.75) is 33.1 Å². The van der Waals surface area contributed by atoms with Gasteiger partial charge in [0.25, 0.3) is 0 Å². The molecule has 5 heteroatoms. The maximum atomic E-state index is 11.8. The Labute approximate surface area is 119 Å². The van der Waals surface area contributed by atoms with Gasteiger partial charge in [0.05, 0.1) is 18.8 Å². The van der Waals surface area contributed by atoms with E-state index in [1.165, 1.54) is 0 Å². The average molecular weight is 279 g/mol. The van der Waals surface area contributed by atoms with E-state index in [0.717, 1.165) is 19.3 Å². The Balaban J connectivity index is 2.56. The highest BCUT2D eigenvalue weighted by Crippen LogP contribution is 2.12. The molecule has 1 N–H and O–H groups in total. The number of carbonyl (C=O) groups is 2. The van der Waals surface area contributed by atoms with Crippen LogP contribution in [0.15, 0.2) is 24.3 Å². The topological polar surface area (TPSA) is 64.6 Å². The summed E-state index contributed by atoms with van der Waals surface area (Å²) in [6.07, 6.45) is 2.05. The summed E-state index contributed by atoms with van der Waals surface area (Å²) in [7, 11) is 0. The number of benzene rings is 1. The molecule has 0 aliphatic carbocycles. The highest BCUT2D eigenvalue weighted by Gasteiger charge is 2.09. The van der Waals surface area contributed by atoms with E-state index in [4.69, 9.17) is 9.47 Å². The number of amides is 1. The number of rotatable bonds is 7. The van der Waals surface area contributed by atoms with E-state index in [9.17, 15) is 9.59 Å². The SMILES string of the molecule is CCCCOC(=O)c1cccc(NC(=O)OCCC)c1. The molecule has 20 heavy (non-hydrogen) atoms. The van der Waals surface area contributed by atoms with Crippen LogP contribution in [0.4, 0.5) is 10.5 Å². The van der Waals surface area contributed by atoms with Gasteiger partial charge in [0.15, 0.2) is 0 Å². The van der Waals surface area contributed by atoms with Crippen molar-refractivity contribution in [3.63, 3.8) is 0 Å². The minimum atomic E-state index is -0.525. The normalized spacial score (nSPS) is 9.90. The van der Waals surface area contributed by atoms with Crippen molar-refractivity contribution in [2.75, 3.05) is 18.5 Å². The van der Waals surface area contributed by atoms with Crippen LogP contribution < -0.4 is 5.32 Å². The molecule has 1 rings (SSSR count). The van der Waals surface area contributed by atoms with E-state index in [1.54, 1.807) is 24.3 Å². The average Bonchev–Trinajstić information content (AvgIpc) is 2.45. The summed E-state index contributed by atoms with van der Waals surface area (Å²) in [5.41, 5.74) is 0.922. The minimum Gasteiger partial charge on any atom is -0.462 e. The third-order valence-electron chi connectivity index (χ3n) is 2.51. The predicted molar refractivity (Wildman–Crippen MR) is 76.9 cm³/mol. The van der Waals surface area contributed by atoms with Crippen molar-refractivity contribution < 1.29 is 19.1 Å². The molecule has 0 saturated carbocycles. The third-order valence-corrected chi connectivity index (χ3v) is 2.51. The van der Waals surface area contributed by atoms with E-state index >= 15 is 0 Å². The maximum Gasteiger partial charge on any atom is 0.411 e. The number of hydrogen-bond acceptors (Lipinski definition) is 4. The number of unbranched alkanes of at least 4 members (excludes halogenated alkanes) is 1. The molecular formula is C15H21NO4. The zero-order valence-electron chi connectivity index (χ0n) is 12.0. The molecule has 0 spiro atoms. The van der Waals surface area contributed by atoms with Gasteiger partial charge in [0.2, 0.25) is 0 Å². The highest BCUT2D eigenvalue weighted by atomic mass is 16.5. The van der Waals surface area contributed by atoms with Gasteiger partial charge in [-0.3, -0.25) is 5.32 Å². The van der Waals surface area contributed by atoms with Crippen molar-refractivity contribution in [3.8, 4) is 0 Å². The number of esters is 1. The van der Waals surface area contributed by atoms with Crippen molar-refractivity contribution in [1.82, 2.24) is 0 Å². The lowest BCUT2D eigenvalue weighted by Gasteiger charge is -2.08. The molecule has 0 aliphatic heterocycles. The first-order valence-corrected chi connectivity index (χ1v) is 6.88. The molecule has 110 valence electrons. The monoisotopic (exact) mass is 279 g/mol. The van der Waals surface area contributed by atoms with Gasteiger partial charge in [0.1, 0.15) is 0 Å². The van der Waals surface area contributed by atoms with E-state index in [1.807, 2.05) is 13.8 Å². The zero-order chi connectivity index (χ0) is 14.8. The van der Waals surface area contributed by atoms with Gasteiger partial charge in [-0.05, 0) is 31.0 Å². The molecule has 0 unspecified atom stereocenters. The van der Waals surface area contributed by atoms with E-state index in [2.05, 4.69) is 5.32 Å². The lowest BCUT2D eigenvalue weighted by Crippen LogP contribution is -2.14. The smallest absolute Gasteiger partial charge is 0.411 e. The molecule has 1 aromatic rings. The van der Waals surface area contributed by atoms with Crippen molar-refractivity contribution in [2.24, 2.45) is 0 Å². The molecule has 1 aromatic carbocycles. The van der Waals surface area contributed by atoms with Crippen LogP contribution in [0.5, 0.6) is 0 Å². The fourth-order valence-corrected chi connectivity index (χ4v) is 1.47. The summed E-state index contributed by atoms with van der Waals surface area (Å²) < 4.78 is 10.0. The largest absolute Gasteiger partial charge is 0.462 e. The Morgan fingerprint density at radius 3 is 2.60 bits per heavy atom. The van der Waals surface area contributed by atoms with Crippen LogP contribution in [-0.4, -0.2) is 25.3 Å². The Kier molecular flexibility index (Phi) is 7.17. The van der Waals surface area contributed by atoms with Gasteiger partial charge >= 0.3 is 12.1 Å². The summed E-state index contributed by atoms with van der Waals surface area (Å²) in [4.78, 5) is 23.2. The molecule has 0 fully saturated rings. The molecule has 5 nitrogen and oxygen atoms in total. The van der Waals surface area contributed by atoms with Gasteiger partial charge in [-0.15, -0.1) is 0 Å². The molecule has 1 amide bonds. The first-order chi connectivity index (χ1) is 9.67. The molecule has 0 aliphatic rings. The Morgan fingerprint density at radius 1 is 1.10 bits per heavy atom. The maximum absolute atomic E-state index is 11.8. The number of carbonyl (C=O) groups excluding carboxylic acids is 2. The van der Waals surface area contributed by atoms with Gasteiger partial charge in [0, 0.05) is 5.69 Å². The fourth-order valence-electron chi connectivity index (χ4n) is 1.47. The van der Waals surface area contributed by atoms with Crippen LogP contribution in [0.25, 0.3) is 0 Å². The Hall–Kier alpha value is -2.04. The fraction of sp³-hybridized carbons (Fsp3) is 0.467. The summed E-state index contributed by atoms with van der Waals surface area (Å²) in [6.45, 7) is 4.72. The van der Waals surface area contributed by atoms with Crippen LogP contribution >= 0.6 is 0 Å². The standard InChI is InChI=1S/C15H21NO4/c1-3-5-10-19-14(17)12-7-6-8-13(11-12)16-15(18)20-9-4-2/h6-8,11H,3-5,9-10H2,1-2H3,(H,16,18). The van der Waals surface area contributed by atoms with Crippen LogP contribution in [0.1, 0.15) is 43.5 Å². The highest BCUT2D eigenvalue weighted by molar-refractivity contribution is 5.92. The first-order valence-electron chi connectivity index (χ1n) is 6.88. The first kappa shape index (κ1) is 16.0. The Bertz CT molecular complexity index is 445. The van der Waals surface area contributed by atoms with Gasteiger partial charge in [-0.25, -0.2) is 9.59 Å². The second-order valence-corrected chi connectivity index (χ2v) is 4.33. The van der Waals surface area contributed by atoms with E-state index in [0.29, 0.717) is 24.5 Å². The van der Waals surface area contributed by atoms with Crippen molar-refractivity contribution in [1.29, 1.82) is 0 Å². The van der Waals surface area contributed by atoms with Crippen LogP contribution in [0, 0.1) is 0 Å². The number of anilines is 1. The zero-order valence-corrected chi connectivity index (χ0v) is 12.0. The molecule has 0 atom stereocenters. The number of nitrogens with one attached hydrogen (secondary N) is 1. The second-order valence-electron chi connectivity index (χ2n) is 4.33. The van der Waals surface area contributed by atoms with Crippen LogP contribution in [0.2, 0.25) is 0 Å². The van der Waals surface area contributed by atoms with Crippen LogP contribution in [0.3, 0.4) is 0 Å². The number of hydrogen-bond donors (Lipinski definition) is 1. The minimum absolute atomic E-state index is 0.366. The van der Waals surface area contributed by atoms with Crippen molar-refractivity contribution in [3.05, 3.63) is 29.8 Å². The number of ether oxygens (including phenoxy) is 2. The van der Waals surface area contributed by atoms with Gasteiger partial charge in [-0.1, -0.05) is 26.3 Å². The summed E-state index contributed by atoms with van der Waals surface area (Å²) >= 11 is 0. The molecule has 0 aromatic heterocycles. The van der Waals surface area contributed by atoms with Crippen LogP contribution in [-0.2, 0) is 9.47 Å². The van der Waals surface area contributed by atoms with Gasteiger partial charge in [-0.2, -0.15) is 0 Å². The third kappa shape index (κ3) is 5.73. The molecular weight excluding hydrogens is 258 g/mol. The predicted octanol–water partition coefficient (Wildman–Crippen LogP) is 3.60. The van der Waals surface area contributed by atoms with Gasteiger partial charge < -0.3 is 9.47 Å². The molecule has 0 radical (unpaired) electrons. The molecule has 0 bridgehead atoms. The molecule has 0 heterocycles. The second kappa shape index (κ2) is 8.96.